The molecule has 0 aliphatic heterocycles. The van der Waals surface area contributed by atoms with Crippen molar-refractivity contribution in [2.75, 3.05) is 5.32 Å². The van der Waals surface area contributed by atoms with Gasteiger partial charge in [0.15, 0.2) is 0 Å². The summed E-state index contributed by atoms with van der Waals surface area (Å²) in [6, 6.07) is 24.2. The van der Waals surface area contributed by atoms with Gasteiger partial charge in [-0.15, -0.1) is 0 Å². The van der Waals surface area contributed by atoms with Gasteiger partial charge in [0.1, 0.15) is 0 Å². The molecule has 3 aromatic carbocycles. The van der Waals surface area contributed by atoms with Gasteiger partial charge in [-0.3, -0.25) is 4.79 Å². The van der Waals surface area contributed by atoms with Crippen molar-refractivity contribution in [2.24, 2.45) is 0 Å². The average molecular weight is 366 g/mol. The summed E-state index contributed by atoms with van der Waals surface area (Å²) in [6.07, 6.45) is 0. The lowest BCUT2D eigenvalue weighted by atomic mass is 10.2. The van der Waals surface area contributed by atoms with Crippen LogP contribution in [0.2, 0.25) is 0 Å². The van der Waals surface area contributed by atoms with Crippen molar-refractivity contribution in [3.8, 4) is 0 Å². The van der Waals surface area contributed by atoms with Crippen LogP contribution < -0.4 is 10.0 Å². The van der Waals surface area contributed by atoms with Crippen LogP contribution in [0.25, 0.3) is 0 Å². The van der Waals surface area contributed by atoms with Gasteiger partial charge >= 0.3 is 0 Å². The molecule has 0 unspecified atom stereocenters. The molecule has 132 valence electrons. The smallest absolute Gasteiger partial charge is 0.255 e. The number of rotatable bonds is 6. The van der Waals surface area contributed by atoms with Crippen molar-refractivity contribution in [3.63, 3.8) is 0 Å². The summed E-state index contributed by atoms with van der Waals surface area (Å²) in [6.45, 7) is 0.184. The van der Waals surface area contributed by atoms with E-state index in [0.29, 0.717) is 5.69 Å². The van der Waals surface area contributed by atoms with Crippen molar-refractivity contribution in [2.45, 2.75) is 11.4 Å². The van der Waals surface area contributed by atoms with Crippen LogP contribution in [-0.2, 0) is 16.6 Å². The normalized spacial score (nSPS) is 11.1. The number of hydrogen-bond donors (Lipinski definition) is 2. The van der Waals surface area contributed by atoms with Gasteiger partial charge in [0.2, 0.25) is 10.0 Å². The molecule has 26 heavy (non-hydrogen) atoms. The minimum atomic E-state index is -3.72. The fourth-order valence-electron chi connectivity index (χ4n) is 2.39. The lowest BCUT2D eigenvalue weighted by molar-refractivity contribution is 0.102. The highest BCUT2D eigenvalue weighted by Crippen LogP contribution is 2.14. The number of anilines is 1. The molecule has 0 heterocycles. The molecule has 0 aromatic heterocycles. The maximum Gasteiger partial charge on any atom is 0.255 e. The molecule has 0 fully saturated rings. The van der Waals surface area contributed by atoms with E-state index in [1.54, 1.807) is 24.3 Å². The second kappa shape index (κ2) is 7.95. The van der Waals surface area contributed by atoms with Crippen molar-refractivity contribution in [1.82, 2.24) is 4.72 Å². The first kappa shape index (κ1) is 17.8. The van der Waals surface area contributed by atoms with E-state index in [0.717, 1.165) is 5.56 Å². The van der Waals surface area contributed by atoms with Crippen LogP contribution in [-0.4, -0.2) is 14.3 Å². The number of amides is 1. The van der Waals surface area contributed by atoms with Gasteiger partial charge in [-0.25, -0.2) is 13.1 Å². The predicted molar refractivity (Wildman–Crippen MR) is 101 cm³/mol. The van der Waals surface area contributed by atoms with Gasteiger partial charge in [0, 0.05) is 17.8 Å². The molecular formula is C20H18N2O3S. The Bertz CT molecular complexity index is 988. The monoisotopic (exact) mass is 366 g/mol. The molecule has 6 heteroatoms. The molecule has 0 saturated heterocycles. The van der Waals surface area contributed by atoms with Crippen LogP contribution >= 0.6 is 0 Å². The molecule has 0 radical (unpaired) electrons. The first-order valence-electron chi connectivity index (χ1n) is 8.05. The summed E-state index contributed by atoms with van der Waals surface area (Å²) >= 11 is 0. The Morgan fingerprint density at radius 1 is 0.808 bits per heavy atom. The van der Waals surface area contributed by atoms with Crippen molar-refractivity contribution in [3.05, 3.63) is 96.1 Å². The Hall–Kier alpha value is -2.96. The summed E-state index contributed by atoms with van der Waals surface area (Å²) in [5.74, 6) is -0.365. The molecule has 0 aliphatic carbocycles. The minimum Gasteiger partial charge on any atom is -0.322 e. The van der Waals surface area contributed by atoms with Crippen LogP contribution in [0.1, 0.15) is 15.9 Å². The molecule has 3 aromatic rings. The standard InChI is InChI=1S/C20H18N2O3S/c23-20(22-18-11-5-2-6-12-18)17-10-7-13-19(14-17)26(24,25)21-15-16-8-3-1-4-9-16/h1-14,21H,15H2,(H,22,23). The molecule has 5 nitrogen and oxygen atoms in total. The molecule has 0 saturated carbocycles. The summed E-state index contributed by atoms with van der Waals surface area (Å²) in [4.78, 5) is 12.4. The second-order valence-corrected chi connectivity index (χ2v) is 7.43. The molecule has 1 amide bonds. The summed E-state index contributed by atoms with van der Waals surface area (Å²) in [5.41, 5.74) is 1.78. The first-order valence-corrected chi connectivity index (χ1v) is 9.53. The molecule has 0 aliphatic rings. The Morgan fingerprint density at radius 3 is 2.15 bits per heavy atom. The molecule has 0 bridgehead atoms. The topological polar surface area (TPSA) is 75.3 Å². The van der Waals surface area contributed by atoms with Gasteiger partial charge in [-0.2, -0.15) is 0 Å². The quantitative estimate of drug-likeness (QED) is 0.702. The van der Waals surface area contributed by atoms with E-state index in [9.17, 15) is 13.2 Å². The van der Waals surface area contributed by atoms with Crippen molar-refractivity contribution in [1.29, 1.82) is 0 Å². The number of hydrogen-bond acceptors (Lipinski definition) is 3. The first-order chi connectivity index (χ1) is 12.5. The summed E-state index contributed by atoms with van der Waals surface area (Å²) < 4.78 is 27.5. The highest BCUT2D eigenvalue weighted by Gasteiger charge is 2.16. The number of para-hydroxylation sites is 1. The van der Waals surface area contributed by atoms with Gasteiger partial charge in [-0.05, 0) is 35.9 Å². The minimum absolute atomic E-state index is 0.0501. The van der Waals surface area contributed by atoms with Gasteiger partial charge in [0.05, 0.1) is 4.90 Å². The molecule has 3 rings (SSSR count). The Morgan fingerprint density at radius 2 is 1.46 bits per heavy atom. The van der Waals surface area contributed by atoms with E-state index in [2.05, 4.69) is 10.0 Å². The molecule has 0 spiro atoms. The lowest BCUT2D eigenvalue weighted by Crippen LogP contribution is -2.23. The third kappa shape index (κ3) is 4.56. The fourth-order valence-corrected chi connectivity index (χ4v) is 3.45. The molecule has 0 atom stereocenters. The Labute approximate surface area is 152 Å². The third-order valence-electron chi connectivity index (χ3n) is 3.75. The average Bonchev–Trinajstić information content (AvgIpc) is 2.68. The van der Waals surface area contributed by atoms with E-state index in [1.165, 1.54) is 12.1 Å². The van der Waals surface area contributed by atoms with Crippen LogP contribution in [0.3, 0.4) is 0 Å². The van der Waals surface area contributed by atoms with E-state index in [4.69, 9.17) is 0 Å². The zero-order valence-electron chi connectivity index (χ0n) is 13.9. The number of benzene rings is 3. The number of carbonyl (C=O) groups is 1. The summed E-state index contributed by atoms with van der Waals surface area (Å²) in [5, 5.41) is 2.74. The van der Waals surface area contributed by atoms with E-state index in [1.807, 2.05) is 48.5 Å². The Balaban J connectivity index is 1.74. The van der Waals surface area contributed by atoms with Crippen LogP contribution in [0.4, 0.5) is 5.69 Å². The van der Waals surface area contributed by atoms with Gasteiger partial charge in [0.25, 0.3) is 5.91 Å². The lowest BCUT2D eigenvalue weighted by Gasteiger charge is -2.09. The zero-order chi connectivity index (χ0) is 18.4. The van der Waals surface area contributed by atoms with E-state index in [-0.39, 0.29) is 22.9 Å². The number of nitrogens with one attached hydrogen (secondary N) is 2. The fraction of sp³-hybridized carbons (Fsp3) is 0.0500. The van der Waals surface area contributed by atoms with Crippen molar-refractivity contribution >= 4 is 21.6 Å². The van der Waals surface area contributed by atoms with Gasteiger partial charge < -0.3 is 5.32 Å². The van der Waals surface area contributed by atoms with Crippen LogP contribution in [0, 0.1) is 0 Å². The number of sulfonamides is 1. The highest BCUT2D eigenvalue weighted by atomic mass is 32.2. The SMILES string of the molecule is O=C(Nc1ccccc1)c1cccc(S(=O)(=O)NCc2ccccc2)c1. The maximum atomic E-state index is 12.5. The van der Waals surface area contributed by atoms with E-state index < -0.39 is 10.0 Å². The maximum absolute atomic E-state index is 12.5. The Kier molecular flexibility index (Phi) is 5.46. The highest BCUT2D eigenvalue weighted by molar-refractivity contribution is 7.89. The molecular weight excluding hydrogens is 348 g/mol. The van der Waals surface area contributed by atoms with E-state index >= 15 is 0 Å². The third-order valence-corrected chi connectivity index (χ3v) is 5.15. The largest absolute Gasteiger partial charge is 0.322 e. The number of carbonyl (C=O) groups excluding carboxylic acids is 1. The van der Waals surface area contributed by atoms with Crippen LogP contribution in [0.5, 0.6) is 0 Å². The second-order valence-electron chi connectivity index (χ2n) is 5.66. The van der Waals surface area contributed by atoms with Crippen molar-refractivity contribution < 1.29 is 13.2 Å². The van der Waals surface area contributed by atoms with Crippen LogP contribution in [0.15, 0.2) is 89.8 Å². The van der Waals surface area contributed by atoms with Gasteiger partial charge in [-0.1, -0.05) is 54.6 Å². The zero-order valence-corrected chi connectivity index (χ0v) is 14.7. The summed E-state index contributed by atoms with van der Waals surface area (Å²) in [7, 11) is -3.72. The predicted octanol–water partition coefficient (Wildman–Crippen LogP) is 3.42. The molecule has 2 N–H and O–H groups in total.